The predicted molar refractivity (Wildman–Crippen MR) is 75.3 cm³/mol. The molecule has 1 saturated carbocycles. The van der Waals surface area contributed by atoms with Crippen LogP contribution in [-0.2, 0) is 6.54 Å². The Kier molecular flexibility index (Phi) is 3.84. The summed E-state index contributed by atoms with van der Waals surface area (Å²) in [6.45, 7) is 2.12. The van der Waals surface area contributed by atoms with Crippen molar-refractivity contribution in [3.63, 3.8) is 0 Å². The highest BCUT2D eigenvalue weighted by atomic mass is 19.1. The first-order valence-electron chi connectivity index (χ1n) is 6.94. The van der Waals surface area contributed by atoms with E-state index in [0.29, 0.717) is 23.7 Å². The summed E-state index contributed by atoms with van der Waals surface area (Å²) in [5.41, 5.74) is 1.08. The summed E-state index contributed by atoms with van der Waals surface area (Å²) < 4.78 is 32.9. The molecule has 0 atom stereocenters. The highest BCUT2D eigenvalue weighted by molar-refractivity contribution is 5.36. The second kappa shape index (κ2) is 5.77. The van der Waals surface area contributed by atoms with Gasteiger partial charge in [-0.25, -0.2) is 13.8 Å². The monoisotopic (exact) mass is 290 g/mol. The highest BCUT2D eigenvalue weighted by Crippen LogP contribution is 2.28. The van der Waals surface area contributed by atoms with Gasteiger partial charge in [0.25, 0.3) is 0 Å². The Bertz CT molecular complexity index is 657. The summed E-state index contributed by atoms with van der Waals surface area (Å²) in [7, 11) is 0. The first-order valence-corrected chi connectivity index (χ1v) is 6.94. The molecule has 3 nitrogen and oxygen atoms in total. The zero-order valence-electron chi connectivity index (χ0n) is 11.7. The van der Waals surface area contributed by atoms with Crippen molar-refractivity contribution < 1.29 is 13.5 Å². The van der Waals surface area contributed by atoms with E-state index in [9.17, 15) is 8.78 Å². The summed E-state index contributed by atoms with van der Waals surface area (Å²) in [5.74, 6) is -0.528. The van der Waals surface area contributed by atoms with Crippen LogP contribution in [0.15, 0.2) is 30.5 Å². The lowest BCUT2D eigenvalue weighted by Crippen LogP contribution is -2.16. The molecule has 1 heterocycles. The average molecular weight is 290 g/mol. The molecule has 1 aromatic carbocycles. The highest BCUT2D eigenvalue weighted by Gasteiger charge is 2.21. The average Bonchev–Trinajstić information content (AvgIpc) is 3.28. The van der Waals surface area contributed by atoms with Gasteiger partial charge >= 0.3 is 0 Å². The number of hydrogen-bond donors (Lipinski definition) is 1. The van der Waals surface area contributed by atoms with Crippen molar-refractivity contribution in [3.8, 4) is 11.6 Å². The zero-order chi connectivity index (χ0) is 14.8. The van der Waals surface area contributed by atoms with Crippen LogP contribution in [0.1, 0.15) is 24.0 Å². The minimum absolute atomic E-state index is 0.0989. The summed E-state index contributed by atoms with van der Waals surface area (Å²) in [5, 5.41) is 3.27. The molecule has 110 valence electrons. The van der Waals surface area contributed by atoms with Crippen LogP contribution in [-0.4, -0.2) is 11.0 Å². The Morgan fingerprint density at radius 3 is 2.90 bits per heavy atom. The molecular weight excluding hydrogens is 274 g/mol. The third kappa shape index (κ3) is 3.36. The number of nitrogens with zero attached hydrogens (tertiary/aromatic N) is 1. The summed E-state index contributed by atoms with van der Waals surface area (Å²) in [6, 6.07) is 6.75. The minimum Gasteiger partial charge on any atom is -0.436 e. The van der Waals surface area contributed by atoms with Crippen LogP contribution in [0, 0.1) is 18.6 Å². The predicted octanol–water partition coefficient (Wildman–Crippen LogP) is 3.71. The Morgan fingerprint density at radius 1 is 1.33 bits per heavy atom. The quantitative estimate of drug-likeness (QED) is 0.911. The number of aromatic nitrogens is 1. The molecular formula is C16H16F2N2O. The van der Waals surface area contributed by atoms with E-state index in [1.54, 1.807) is 19.1 Å². The molecule has 0 unspecified atom stereocenters. The van der Waals surface area contributed by atoms with E-state index in [1.807, 2.05) is 0 Å². The van der Waals surface area contributed by atoms with Crippen LogP contribution >= 0.6 is 0 Å². The largest absolute Gasteiger partial charge is 0.436 e. The van der Waals surface area contributed by atoms with E-state index in [-0.39, 0.29) is 11.6 Å². The number of nitrogens with one attached hydrogen (secondary N) is 1. The molecule has 3 rings (SSSR count). The minimum atomic E-state index is -0.431. The zero-order valence-corrected chi connectivity index (χ0v) is 11.7. The number of rotatable bonds is 5. The second-order valence-corrected chi connectivity index (χ2v) is 5.26. The molecule has 1 aliphatic carbocycles. The van der Waals surface area contributed by atoms with Gasteiger partial charge in [0, 0.05) is 18.2 Å². The molecule has 1 fully saturated rings. The Labute approximate surface area is 122 Å². The first-order chi connectivity index (χ1) is 10.1. The van der Waals surface area contributed by atoms with Gasteiger partial charge in [0.1, 0.15) is 5.82 Å². The van der Waals surface area contributed by atoms with E-state index in [2.05, 4.69) is 10.3 Å². The number of benzene rings is 1. The fourth-order valence-corrected chi connectivity index (χ4v) is 2.03. The van der Waals surface area contributed by atoms with Crippen LogP contribution in [0.3, 0.4) is 0 Å². The maximum atomic E-state index is 14.0. The standard InChI is InChI=1S/C16H16F2N2O/c1-10-3-2-4-14(15(10)18)21-16-11(7-12(17)9-20-16)8-19-13-5-6-13/h2-4,7,9,13,19H,5-6,8H2,1H3. The normalized spacial score (nSPS) is 14.2. The fourth-order valence-electron chi connectivity index (χ4n) is 2.03. The van der Waals surface area contributed by atoms with Gasteiger partial charge in [-0.05, 0) is 37.5 Å². The van der Waals surface area contributed by atoms with Gasteiger partial charge in [-0.2, -0.15) is 0 Å². The molecule has 0 bridgehead atoms. The first kappa shape index (κ1) is 13.9. The van der Waals surface area contributed by atoms with Crippen molar-refractivity contribution in [3.05, 3.63) is 53.2 Å². The van der Waals surface area contributed by atoms with Crippen molar-refractivity contribution in [2.24, 2.45) is 0 Å². The lowest BCUT2D eigenvalue weighted by molar-refractivity contribution is 0.416. The molecule has 0 spiro atoms. The number of hydrogen-bond acceptors (Lipinski definition) is 3. The number of halogens is 2. The molecule has 0 radical (unpaired) electrons. The molecule has 0 aliphatic heterocycles. The van der Waals surface area contributed by atoms with Gasteiger partial charge in [0.15, 0.2) is 11.6 Å². The lowest BCUT2D eigenvalue weighted by Gasteiger charge is -2.12. The molecule has 0 saturated heterocycles. The van der Waals surface area contributed by atoms with E-state index in [0.717, 1.165) is 19.0 Å². The van der Waals surface area contributed by atoms with Crippen molar-refractivity contribution >= 4 is 0 Å². The Morgan fingerprint density at radius 2 is 2.14 bits per heavy atom. The molecule has 2 aromatic rings. The van der Waals surface area contributed by atoms with Crippen LogP contribution in [0.4, 0.5) is 8.78 Å². The van der Waals surface area contributed by atoms with E-state index in [4.69, 9.17) is 4.74 Å². The summed E-state index contributed by atoms with van der Waals surface area (Å²) >= 11 is 0. The maximum Gasteiger partial charge on any atom is 0.224 e. The topological polar surface area (TPSA) is 34.1 Å². The van der Waals surface area contributed by atoms with Gasteiger partial charge in [0.2, 0.25) is 5.88 Å². The van der Waals surface area contributed by atoms with E-state index >= 15 is 0 Å². The third-order valence-electron chi connectivity index (χ3n) is 3.41. The van der Waals surface area contributed by atoms with Gasteiger partial charge in [-0.3, -0.25) is 0 Å². The van der Waals surface area contributed by atoms with Gasteiger partial charge in [-0.15, -0.1) is 0 Å². The molecule has 1 aromatic heterocycles. The lowest BCUT2D eigenvalue weighted by atomic mass is 10.2. The number of aryl methyl sites for hydroxylation is 1. The van der Waals surface area contributed by atoms with Gasteiger partial charge in [0.05, 0.1) is 6.20 Å². The van der Waals surface area contributed by atoms with Crippen molar-refractivity contribution in [2.75, 3.05) is 0 Å². The molecule has 21 heavy (non-hydrogen) atoms. The fraction of sp³-hybridized carbons (Fsp3) is 0.312. The van der Waals surface area contributed by atoms with Crippen LogP contribution in [0.25, 0.3) is 0 Å². The van der Waals surface area contributed by atoms with Crippen LogP contribution < -0.4 is 10.1 Å². The summed E-state index contributed by atoms with van der Waals surface area (Å²) in [6.07, 6.45) is 3.33. The Hall–Kier alpha value is -2.01. The molecule has 5 heteroatoms. The SMILES string of the molecule is Cc1cccc(Oc2ncc(F)cc2CNC2CC2)c1F. The Balaban J connectivity index is 1.84. The van der Waals surface area contributed by atoms with E-state index in [1.165, 1.54) is 12.1 Å². The van der Waals surface area contributed by atoms with Gasteiger partial charge < -0.3 is 10.1 Å². The van der Waals surface area contributed by atoms with Crippen LogP contribution in [0.2, 0.25) is 0 Å². The van der Waals surface area contributed by atoms with E-state index < -0.39 is 11.6 Å². The smallest absolute Gasteiger partial charge is 0.224 e. The third-order valence-corrected chi connectivity index (χ3v) is 3.41. The molecule has 1 N–H and O–H groups in total. The number of pyridine rings is 1. The van der Waals surface area contributed by atoms with Crippen molar-refractivity contribution in [2.45, 2.75) is 32.4 Å². The van der Waals surface area contributed by atoms with Gasteiger partial charge in [-0.1, -0.05) is 12.1 Å². The van der Waals surface area contributed by atoms with Crippen molar-refractivity contribution in [1.82, 2.24) is 10.3 Å². The van der Waals surface area contributed by atoms with Crippen LogP contribution in [0.5, 0.6) is 11.6 Å². The molecule has 1 aliphatic rings. The number of ether oxygens (including phenoxy) is 1. The molecule has 0 amide bonds. The second-order valence-electron chi connectivity index (χ2n) is 5.26. The summed E-state index contributed by atoms with van der Waals surface area (Å²) in [4.78, 5) is 3.94. The van der Waals surface area contributed by atoms with Crippen molar-refractivity contribution in [1.29, 1.82) is 0 Å². The maximum absolute atomic E-state index is 14.0.